The molecule has 0 aliphatic rings. The summed E-state index contributed by atoms with van der Waals surface area (Å²) in [7, 11) is 0. The molecule has 0 saturated carbocycles. The van der Waals surface area contributed by atoms with Crippen LogP contribution in [0.1, 0.15) is 12.5 Å². The molecule has 86 valence electrons. The first-order valence-corrected chi connectivity index (χ1v) is 4.94. The summed E-state index contributed by atoms with van der Waals surface area (Å²) in [5.41, 5.74) is 0.811. The van der Waals surface area contributed by atoms with E-state index >= 15 is 0 Å². The first kappa shape index (κ1) is 12.3. The van der Waals surface area contributed by atoms with Gasteiger partial charge in [-0.15, -0.1) is 0 Å². The molecule has 0 radical (unpaired) electrons. The van der Waals surface area contributed by atoms with Crippen LogP contribution in [0.4, 0.5) is 0 Å². The molecule has 1 rings (SSSR count). The van der Waals surface area contributed by atoms with Gasteiger partial charge < -0.3 is 14.6 Å². The van der Waals surface area contributed by atoms with Gasteiger partial charge in [-0.1, -0.05) is 12.1 Å². The summed E-state index contributed by atoms with van der Waals surface area (Å²) >= 11 is 0. The van der Waals surface area contributed by atoms with Crippen molar-refractivity contribution in [3.8, 4) is 5.75 Å². The highest BCUT2D eigenvalue weighted by atomic mass is 16.7. The molecule has 4 heteroatoms. The van der Waals surface area contributed by atoms with Gasteiger partial charge in [-0.25, -0.2) is 4.79 Å². The molecule has 0 aliphatic carbocycles. The molecule has 4 nitrogen and oxygen atoms in total. The summed E-state index contributed by atoms with van der Waals surface area (Å²) < 4.78 is 10.3. The normalized spacial score (nSPS) is 10.6. The first-order chi connectivity index (χ1) is 7.72. The van der Waals surface area contributed by atoms with Crippen molar-refractivity contribution in [2.75, 3.05) is 13.4 Å². The lowest BCUT2D eigenvalue weighted by Gasteiger charge is -2.05. The van der Waals surface area contributed by atoms with E-state index in [1.807, 2.05) is 6.92 Å². The molecule has 0 spiro atoms. The second-order valence-electron chi connectivity index (χ2n) is 3.00. The lowest BCUT2D eigenvalue weighted by Crippen LogP contribution is -2.01. The van der Waals surface area contributed by atoms with Crippen LogP contribution in [-0.2, 0) is 9.53 Å². The van der Waals surface area contributed by atoms with E-state index in [2.05, 4.69) is 0 Å². The van der Waals surface area contributed by atoms with Crippen molar-refractivity contribution >= 4 is 12.0 Å². The van der Waals surface area contributed by atoms with E-state index in [-0.39, 0.29) is 6.79 Å². The van der Waals surface area contributed by atoms with Crippen molar-refractivity contribution in [2.24, 2.45) is 0 Å². The average molecular weight is 222 g/mol. The molecule has 0 aromatic heterocycles. The van der Waals surface area contributed by atoms with Gasteiger partial charge in [0.15, 0.2) is 6.79 Å². The number of ether oxygens (including phenoxy) is 2. The van der Waals surface area contributed by atoms with Gasteiger partial charge in [-0.05, 0) is 30.7 Å². The maximum Gasteiger partial charge on any atom is 0.328 e. The Kier molecular flexibility index (Phi) is 5.08. The van der Waals surface area contributed by atoms with Crippen LogP contribution in [0.25, 0.3) is 6.08 Å². The predicted octanol–water partition coefficient (Wildman–Crippen LogP) is 2.16. The minimum atomic E-state index is -0.961. The van der Waals surface area contributed by atoms with Crippen LogP contribution in [0.3, 0.4) is 0 Å². The number of carbonyl (C=O) groups is 1. The molecule has 0 bridgehead atoms. The predicted molar refractivity (Wildman–Crippen MR) is 60.2 cm³/mol. The largest absolute Gasteiger partial charge is 0.478 e. The topological polar surface area (TPSA) is 55.8 Å². The lowest BCUT2D eigenvalue weighted by molar-refractivity contribution is -0.131. The summed E-state index contributed by atoms with van der Waals surface area (Å²) in [5.74, 6) is -0.266. The summed E-state index contributed by atoms with van der Waals surface area (Å²) in [6.45, 7) is 2.73. The summed E-state index contributed by atoms with van der Waals surface area (Å²) in [6, 6.07) is 7.09. The molecule has 0 amide bonds. The van der Waals surface area contributed by atoms with Crippen LogP contribution < -0.4 is 4.74 Å². The van der Waals surface area contributed by atoms with Crippen molar-refractivity contribution in [3.05, 3.63) is 35.9 Å². The number of rotatable bonds is 6. The molecule has 1 aromatic rings. The quantitative estimate of drug-likeness (QED) is 0.455. The number of benzene rings is 1. The molecule has 0 fully saturated rings. The van der Waals surface area contributed by atoms with Gasteiger partial charge in [-0.3, -0.25) is 0 Å². The van der Waals surface area contributed by atoms with E-state index < -0.39 is 5.97 Å². The number of hydrogen-bond donors (Lipinski definition) is 1. The standard InChI is InChI=1S/C12H14O4/c1-2-15-9-16-11-6-3-10(4-7-11)5-8-12(13)14/h3-8H,2,9H2,1H3,(H,13,14). The third-order valence-corrected chi connectivity index (χ3v) is 1.81. The molecule has 0 aliphatic heterocycles. The zero-order valence-electron chi connectivity index (χ0n) is 9.05. The molecule has 0 heterocycles. The maximum absolute atomic E-state index is 10.3. The van der Waals surface area contributed by atoms with E-state index in [1.54, 1.807) is 24.3 Å². The Morgan fingerprint density at radius 2 is 2.06 bits per heavy atom. The Balaban J connectivity index is 2.51. The Labute approximate surface area is 94.1 Å². The maximum atomic E-state index is 10.3. The molecule has 16 heavy (non-hydrogen) atoms. The lowest BCUT2D eigenvalue weighted by atomic mass is 10.2. The molecule has 0 saturated heterocycles. The molecule has 0 unspecified atom stereocenters. The average Bonchev–Trinajstić information content (AvgIpc) is 2.28. The van der Waals surface area contributed by atoms with Crippen molar-refractivity contribution < 1.29 is 19.4 Å². The third kappa shape index (κ3) is 4.61. The van der Waals surface area contributed by atoms with Gasteiger partial charge in [0.2, 0.25) is 0 Å². The van der Waals surface area contributed by atoms with Gasteiger partial charge in [0, 0.05) is 12.7 Å². The zero-order valence-corrected chi connectivity index (χ0v) is 9.05. The first-order valence-electron chi connectivity index (χ1n) is 4.94. The second-order valence-corrected chi connectivity index (χ2v) is 3.00. The van der Waals surface area contributed by atoms with E-state index in [4.69, 9.17) is 14.6 Å². The monoisotopic (exact) mass is 222 g/mol. The highest BCUT2D eigenvalue weighted by molar-refractivity contribution is 5.85. The minimum absolute atomic E-state index is 0.223. The van der Waals surface area contributed by atoms with Crippen molar-refractivity contribution in [1.29, 1.82) is 0 Å². The van der Waals surface area contributed by atoms with Crippen LogP contribution in [0.15, 0.2) is 30.3 Å². The van der Waals surface area contributed by atoms with E-state index in [0.717, 1.165) is 11.6 Å². The summed E-state index contributed by atoms with van der Waals surface area (Å²) in [6.07, 6.45) is 2.62. The van der Waals surface area contributed by atoms with Gasteiger partial charge in [-0.2, -0.15) is 0 Å². The van der Waals surface area contributed by atoms with E-state index in [1.165, 1.54) is 6.08 Å². The molecular weight excluding hydrogens is 208 g/mol. The van der Waals surface area contributed by atoms with Gasteiger partial charge >= 0.3 is 5.97 Å². The van der Waals surface area contributed by atoms with E-state index in [0.29, 0.717) is 12.4 Å². The minimum Gasteiger partial charge on any atom is -0.478 e. The second kappa shape index (κ2) is 6.63. The number of carboxylic acids is 1. The molecule has 1 aromatic carbocycles. The zero-order chi connectivity index (χ0) is 11.8. The number of aliphatic carboxylic acids is 1. The van der Waals surface area contributed by atoms with E-state index in [9.17, 15) is 4.79 Å². The van der Waals surface area contributed by atoms with Gasteiger partial charge in [0.1, 0.15) is 5.75 Å². The van der Waals surface area contributed by atoms with Crippen LogP contribution in [0, 0.1) is 0 Å². The molecule has 1 N–H and O–H groups in total. The molecular formula is C12H14O4. The van der Waals surface area contributed by atoms with Crippen LogP contribution in [0.2, 0.25) is 0 Å². The SMILES string of the molecule is CCOCOc1ccc(C=CC(=O)O)cc1. The van der Waals surface area contributed by atoms with Crippen molar-refractivity contribution in [1.82, 2.24) is 0 Å². The Hall–Kier alpha value is -1.81. The van der Waals surface area contributed by atoms with Crippen LogP contribution in [-0.4, -0.2) is 24.5 Å². The van der Waals surface area contributed by atoms with Gasteiger partial charge in [0.05, 0.1) is 0 Å². The van der Waals surface area contributed by atoms with Crippen LogP contribution in [0.5, 0.6) is 5.75 Å². The fourth-order valence-corrected chi connectivity index (χ4v) is 1.04. The summed E-state index contributed by atoms with van der Waals surface area (Å²) in [4.78, 5) is 10.3. The van der Waals surface area contributed by atoms with Crippen molar-refractivity contribution in [3.63, 3.8) is 0 Å². The highest BCUT2D eigenvalue weighted by Crippen LogP contribution is 2.13. The smallest absolute Gasteiger partial charge is 0.328 e. The van der Waals surface area contributed by atoms with Crippen LogP contribution >= 0.6 is 0 Å². The number of carboxylic acid groups (broad SMARTS) is 1. The Morgan fingerprint density at radius 1 is 1.38 bits per heavy atom. The number of hydrogen-bond acceptors (Lipinski definition) is 3. The summed E-state index contributed by atoms with van der Waals surface area (Å²) in [5, 5.41) is 8.44. The fourth-order valence-electron chi connectivity index (χ4n) is 1.04. The Morgan fingerprint density at radius 3 is 2.62 bits per heavy atom. The molecule has 0 atom stereocenters. The van der Waals surface area contributed by atoms with Gasteiger partial charge in [0.25, 0.3) is 0 Å². The fraction of sp³-hybridized carbons (Fsp3) is 0.250. The third-order valence-electron chi connectivity index (χ3n) is 1.81. The Bertz CT molecular complexity index is 354. The van der Waals surface area contributed by atoms with Crippen molar-refractivity contribution in [2.45, 2.75) is 6.92 Å². The highest BCUT2D eigenvalue weighted by Gasteiger charge is 1.93.